The summed E-state index contributed by atoms with van der Waals surface area (Å²) in [5.74, 6) is -0.0459. The number of piperidine rings is 1. The highest BCUT2D eigenvalue weighted by molar-refractivity contribution is 6.30. The molecule has 1 aliphatic heterocycles. The number of hydrogen-bond donors (Lipinski definition) is 0. The maximum atomic E-state index is 13.3. The van der Waals surface area contributed by atoms with Crippen LogP contribution in [0.25, 0.3) is 0 Å². The summed E-state index contributed by atoms with van der Waals surface area (Å²) in [4.78, 5) is 27.2. The number of amides is 1. The number of methoxy groups -OCH3 is 1. The van der Waals surface area contributed by atoms with Crippen LogP contribution in [0.3, 0.4) is 0 Å². The van der Waals surface area contributed by atoms with Crippen LogP contribution in [0.15, 0.2) is 24.3 Å². The average molecular weight is 350 g/mol. The Bertz CT molecular complexity index is 624. The quantitative estimate of drug-likeness (QED) is 0.785. The number of ether oxygens (including phenoxy) is 1. The Balaban J connectivity index is 1.81. The fourth-order valence-electron chi connectivity index (χ4n) is 3.94. The van der Waals surface area contributed by atoms with Crippen molar-refractivity contribution in [1.29, 1.82) is 0 Å². The molecule has 0 bridgehead atoms. The predicted molar refractivity (Wildman–Crippen MR) is 92.8 cm³/mol. The number of hydrogen-bond acceptors (Lipinski definition) is 3. The molecule has 1 saturated carbocycles. The van der Waals surface area contributed by atoms with Crippen molar-refractivity contribution in [3.63, 3.8) is 0 Å². The van der Waals surface area contributed by atoms with Crippen molar-refractivity contribution in [2.24, 2.45) is 11.8 Å². The van der Waals surface area contributed by atoms with Gasteiger partial charge >= 0.3 is 5.97 Å². The second kappa shape index (κ2) is 6.75. The van der Waals surface area contributed by atoms with Crippen molar-refractivity contribution in [2.75, 3.05) is 20.2 Å². The lowest BCUT2D eigenvalue weighted by Crippen LogP contribution is -2.55. The Labute approximate surface area is 148 Å². The number of likely N-dealkylation sites (tertiary alicyclic amines) is 1. The molecule has 0 spiro atoms. The zero-order chi connectivity index (χ0) is 17.3. The zero-order valence-corrected chi connectivity index (χ0v) is 15.0. The molecule has 0 aromatic heterocycles. The summed E-state index contributed by atoms with van der Waals surface area (Å²) < 4.78 is 4.92. The third kappa shape index (κ3) is 2.92. The van der Waals surface area contributed by atoms with Crippen LogP contribution in [-0.4, -0.2) is 37.0 Å². The minimum atomic E-state index is -0.439. The van der Waals surface area contributed by atoms with Crippen LogP contribution in [0.5, 0.6) is 0 Å². The molecule has 4 nitrogen and oxygen atoms in total. The Morgan fingerprint density at radius 2 is 1.92 bits per heavy atom. The Hall–Kier alpha value is -1.55. The summed E-state index contributed by atoms with van der Waals surface area (Å²) in [6, 6.07) is 7.62. The van der Waals surface area contributed by atoms with Gasteiger partial charge < -0.3 is 9.64 Å². The SMILES string of the molecule is COC(=O)[C@@H]1CN(C(=O)C2(c3ccc(Cl)cc3)CCC2)CC[C@@H]1C. The summed E-state index contributed by atoms with van der Waals surface area (Å²) >= 11 is 5.99. The van der Waals surface area contributed by atoms with Crippen molar-refractivity contribution < 1.29 is 14.3 Å². The number of benzene rings is 1. The standard InChI is InChI=1S/C19H24ClNO3/c1-13-8-11-21(12-16(13)17(22)24-2)18(23)19(9-3-10-19)14-4-6-15(20)7-5-14/h4-7,13,16H,3,8-12H2,1-2H3/t13-,16+/m0/s1. The molecule has 1 saturated heterocycles. The first-order chi connectivity index (χ1) is 11.5. The largest absolute Gasteiger partial charge is 0.469 e. The number of nitrogens with zero attached hydrogens (tertiary/aromatic N) is 1. The van der Waals surface area contributed by atoms with E-state index in [1.54, 1.807) is 0 Å². The topological polar surface area (TPSA) is 46.6 Å². The van der Waals surface area contributed by atoms with Crippen molar-refractivity contribution >= 4 is 23.5 Å². The number of rotatable bonds is 3. The molecule has 2 aliphatic rings. The highest BCUT2D eigenvalue weighted by Gasteiger charge is 2.49. The second-order valence-corrected chi connectivity index (χ2v) is 7.53. The number of carbonyl (C=O) groups is 2. The lowest BCUT2D eigenvalue weighted by Gasteiger charge is -2.46. The summed E-state index contributed by atoms with van der Waals surface area (Å²) in [5.41, 5.74) is 0.600. The van der Waals surface area contributed by atoms with E-state index in [-0.39, 0.29) is 23.7 Å². The van der Waals surface area contributed by atoms with Crippen LogP contribution in [0.2, 0.25) is 5.02 Å². The molecule has 2 fully saturated rings. The Morgan fingerprint density at radius 3 is 2.46 bits per heavy atom. The third-order valence-electron chi connectivity index (χ3n) is 5.76. The first-order valence-corrected chi connectivity index (χ1v) is 8.99. The number of halogens is 1. The highest BCUT2D eigenvalue weighted by atomic mass is 35.5. The molecule has 1 aromatic carbocycles. The van der Waals surface area contributed by atoms with E-state index in [4.69, 9.17) is 16.3 Å². The van der Waals surface area contributed by atoms with Crippen molar-refractivity contribution in [3.8, 4) is 0 Å². The fraction of sp³-hybridized carbons (Fsp3) is 0.579. The molecule has 3 rings (SSSR count). The summed E-state index contributed by atoms with van der Waals surface area (Å²) in [6.07, 6.45) is 3.62. The fourth-order valence-corrected chi connectivity index (χ4v) is 4.07. The van der Waals surface area contributed by atoms with E-state index < -0.39 is 5.41 Å². The summed E-state index contributed by atoms with van der Waals surface area (Å²) in [5, 5.41) is 0.679. The van der Waals surface area contributed by atoms with Crippen molar-refractivity contribution in [2.45, 2.75) is 38.0 Å². The monoisotopic (exact) mass is 349 g/mol. The van der Waals surface area contributed by atoms with E-state index >= 15 is 0 Å². The summed E-state index contributed by atoms with van der Waals surface area (Å²) in [6.45, 7) is 3.23. The van der Waals surface area contributed by atoms with E-state index in [1.807, 2.05) is 29.2 Å². The smallest absolute Gasteiger partial charge is 0.310 e. The molecule has 1 aliphatic carbocycles. The van der Waals surface area contributed by atoms with E-state index in [9.17, 15) is 9.59 Å². The number of carbonyl (C=O) groups excluding carboxylic acids is 2. The van der Waals surface area contributed by atoms with Gasteiger partial charge in [0.1, 0.15) is 0 Å². The molecule has 2 atom stereocenters. The van der Waals surface area contributed by atoms with Crippen molar-refractivity contribution in [3.05, 3.63) is 34.9 Å². The van der Waals surface area contributed by atoms with Crippen LogP contribution in [0.1, 0.15) is 38.2 Å². The normalized spacial score (nSPS) is 25.7. The lowest BCUT2D eigenvalue weighted by atomic mass is 9.63. The van der Waals surface area contributed by atoms with Gasteiger partial charge in [-0.2, -0.15) is 0 Å². The minimum Gasteiger partial charge on any atom is -0.469 e. The molecule has 1 aromatic rings. The van der Waals surface area contributed by atoms with Gasteiger partial charge in [-0.05, 0) is 42.9 Å². The van der Waals surface area contributed by atoms with Gasteiger partial charge in [0.2, 0.25) is 5.91 Å². The Morgan fingerprint density at radius 1 is 1.25 bits per heavy atom. The third-order valence-corrected chi connectivity index (χ3v) is 6.01. The van der Waals surface area contributed by atoms with E-state index in [0.717, 1.165) is 31.2 Å². The number of esters is 1. The van der Waals surface area contributed by atoms with Gasteiger partial charge in [-0.3, -0.25) is 9.59 Å². The van der Waals surface area contributed by atoms with E-state index in [1.165, 1.54) is 7.11 Å². The van der Waals surface area contributed by atoms with E-state index in [0.29, 0.717) is 18.1 Å². The molecular weight excluding hydrogens is 326 g/mol. The minimum absolute atomic E-state index is 0.150. The molecular formula is C19H24ClNO3. The molecule has 1 amide bonds. The van der Waals surface area contributed by atoms with Crippen LogP contribution in [0.4, 0.5) is 0 Å². The molecule has 24 heavy (non-hydrogen) atoms. The maximum absolute atomic E-state index is 13.3. The van der Waals surface area contributed by atoms with Gasteiger partial charge in [0, 0.05) is 18.1 Å². The molecule has 5 heteroatoms. The molecule has 130 valence electrons. The summed E-state index contributed by atoms with van der Waals surface area (Å²) in [7, 11) is 1.41. The Kier molecular flexibility index (Phi) is 4.86. The van der Waals surface area contributed by atoms with Crippen LogP contribution in [-0.2, 0) is 19.7 Å². The molecule has 0 unspecified atom stereocenters. The second-order valence-electron chi connectivity index (χ2n) is 7.09. The van der Waals surface area contributed by atoms with Crippen LogP contribution < -0.4 is 0 Å². The van der Waals surface area contributed by atoms with Gasteiger partial charge in [0.15, 0.2) is 0 Å². The van der Waals surface area contributed by atoms with Crippen LogP contribution in [0, 0.1) is 11.8 Å². The average Bonchev–Trinajstić information content (AvgIpc) is 2.55. The lowest BCUT2D eigenvalue weighted by molar-refractivity contribution is -0.153. The van der Waals surface area contributed by atoms with Crippen molar-refractivity contribution in [1.82, 2.24) is 4.90 Å². The van der Waals surface area contributed by atoms with Gasteiger partial charge in [-0.1, -0.05) is 37.1 Å². The van der Waals surface area contributed by atoms with Gasteiger partial charge in [-0.15, -0.1) is 0 Å². The molecule has 0 N–H and O–H groups in total. The zero-order valence-electron chi connectivity index (χ0n) is 14.3. The van der Waals surface area contributed by atoms with E-state index in [2.05, 4.69) is 6.92 Å². The van der Waals surface area contributed by atoms with Crippen LogP contribution >= 0.6 is 11.6 Å². The van der Waals surface area contributed by atoms with Gasteiger partial charge in [0.05, 0.1) is 18.4 Å². The maximum Gasteiger partial charge on any atom is 0.310 e. The first-order valence-electron chi connectivity index (χ1n) is 8.61. The first kappa shape index (κ1) is 17.3. The van der Waals surface area contributed by atoms with Gasteiger partial charge in [0.25, 0.3) is 0 Å². The molecule has 0 radical (unpaired) electrons. The predicted octanol–water partition coefficient (Wildman–Crippen LogP) is 3.42. The molecule has 1 heterocycles. The highest BCUT2D eigenvalue weighted by Crippen LogP contribution is 2.46. The van der Waals surface area contributed by atoms with Gasteiger partial charge in [-0.25, -0.2) is 0 Å².